The smallest absolute Gasteiger partial charge is 0.325 e. The molecule has 0 radical (unpaired) electrons. The molecule has 18 heavy (non-hydrogen) atoms. The lowest BCUT2D eigenvalue weighted by Gasteiger charge is -2.25. The Labute approximate surface area is 111 Å². The number of likely N-dealkylation sites (N-methyl/N-ethyl adjacent to an activating group) is 1. The second kappa shape index (κ2) is 6.75. The summed E-state index contributed by atoms with van der Waals surface area (Å²) in [5.74, 6) is 0.662. The summed E-state index contributed by atoms with van der Waals surface area (Å²) in [7, 11) is 5.09. The van der Waals surface area contributed by atoms with Crippen LogP contribution >= 0.6 is 11.8 Å². The summed E-state index contributed by atoms with van der Waals surface area (Å²) in [5.41, 5.74) is -0.616. The van der Waals surface area contributed by atoms with Gasteiger partial charge in [-0.2, -0.15) is 0 Å². The summed E-state index contributed by atoms with van der Waals surface area (Å²) in [6.07, 6.45) is 3.29. The molecule has 1 unspecified atom stereocenters. The number of nitrogens with zero attached hydrogens (tertiary/aromatic N) is 3. The molecule has 1 aromatic heterocycles. The largest absolute Gasteiger partial charge is 0.468 e. The van der Waals surface area contributed by atoms with Gasteiger partial charge in [0.2, 0.25) is 0 Å². The molecule has 7 heteroatoms. The molecule has 0 amide bonds. The molecule has 1 aromatic rings. The second-order valence-electron chi connectivity index (χ2n) is 4.25. The van der Waals surface area contributed by atoms with E-state index in [1.54, 1.807) is 25.1 Å². The fourth-order valence-electron chi connectivity index (χ4n) is 1.55. The molecule has 0 aliphatic heterocycles. The predicted molar refractivity (Wildman–Crippen MR) is 70.4 cm³/mol. The van der Waals surface area contributed by atoms with Crippen molar-refractivity contribution in [2.24, 2.45) is 7.05 Å². The number of ether oxygens (including phenoxy) is 1. The van der Waals surface area contributed by atoms with Crippen molar-refractivity contribution < 1.29 is 9.53 Å². The van der Waals surface area contributed by atoms with E-state index in [1.165, 1.54) is 7.11 Å². The van der Waals surface area contributed by atoms with Crippen LogP contribution < -0.4 is 5.32 Å². The molecule has 0 spiro atoms. The number of rotatable bonds is 7. The van der Waals surface area contributed by atoms with Gasteiger partial charge in [0.25, 0.3) is 0 Å². The van der Waals surface area contributed by atoms with Gasteiger partial charge < -0.3 is 14.6 Å². The first kappa shape index (κ1) is 15.0. The Bertz CT molecular complexity index is 396. The van der Waals surface area contributed by atoms with E-state index >= 15 is 0 Å². The summed E-state index contributed by atoms with van der Waals surface area (Å²) >= 11 is 1.63. The highest BCUT2D eigenvalue weighted by molar-refractivity contribution is 7.99. The van der Waals surface area contributed by atoms with Crippen LogP contribution in [-0.2, 0) is 16.6 Å². The molecule has 6 nitrogen and oxygen atoms in total. The van der Waals surface area contributed by atoms with Crippen molar-refractivity contribution in [2.75, 3.05) is 19.9 Å². The number of methoxy groups -OCH3 is 1. The van der Waals surface area contributed by atoms with Gasteiger partial charge in [0, 0.05) is 12.8 Å². The van der Waals surface area contributed by atoms with Gasteiger partial charge in [0.15, 0.2) is 5.16 Å². The quantitative estimate of drug-likeness (QED) is 0.450. The minimum absolute atomic E-state index is 0.228. The fraction of sp³-hybridized carbons (Fsp3) is 0.727. The van der Waals surface area contributed by atoms with Crippen molar-refractivity contribution in [3.8, 4) is 0 Å². The van der Waals surface area contributed by atoms with Crippen molar-refractivity contribution >= 4 is 17.7 Å². The first-order valence-corrected chi connectivity index (χ1v) is 6.76. The van der Waals surface area contributed by atoms with E-state index in [4.69, 9.17) is 4.74 Å². The third-order valence-corrected chi connectivity index (χ3v) is 4.03. The van der Waals surface area contributed by atoms with Crippen LogP contribution in [0.5, 0.6) is 0 Å². The van der Waals surface area contributed by atoms with Crippen LogP contribution in [0.25, 0.3) is 0 Å². The summed E-state index contributed by atoms with van der Waals surface area (Å²) in [5, 5.41) is 11.7. The number of nitrogens with one attached hydrogen (secondary N) is 1. The zero-order chi connectivity index (χ0) is 13.6. The van der Waals surface area contributed by atoms with Crippen LogP contribution in [0.4, 0.5) is 0 Å². The molecule has 0 aliphatic rings. The predicted octanol–water partition coefficient (Wildman–Crippen LogP) is 0.838. The Morgan fingerprint density at radius 1 is 1.67 bits per heavy atom. The summed E-state index contributed by atoms with van der Waals surface area (Å²) in [6, 6.07) is 0. The van der Waals surface area contributed by atoms with E-state index in [0.717, 1.165) is 23.8 Å². The molecule has 1 N–H and O–H groups in total. The van der Waals surface area contributed by atoms with Gasteiger partial charge >= 0.3 is 5.97 Å². The Hall–Kier alpha value is -1.08. The van der Waals surface area contributed by atoms with Gasteiger partial charge in [-0.25, -0.2) is 0 Å². The second-order valence-corrected chi connectivity index (χ2v) is 5.31. The molecule has 0 fully saturated rings. The molecule has 0 saturated heterocycles. The number of aryl methyl sites for hydroxylation is 1. The number of carbonyl (C=O) groups is 1. The van der Waals surface area contributed by atoms with Crippen molar-refractivity contribution in [3.05, 3.63) is 6.33 Å². The lowest BCUT2D eigenvalue weighted by Crippen LogP contribution is -2.48. The molecule has 0 aliphatic carbocycles. The lowest BCUT2D eigenvalue weighted by molar-refractivity contribution is -0.148. The van der Waals surface area contributed by atoms with Crippen LogP contribution in [0.2, 0.25) is 0 Å². The molecule has 0 bridgehead atoms. The van der Waals surface area contributed by atoms with Gasteiger partial charge in [-0.05, 0) is 26.8 Å². The van der Waals surface area contributed by atoms with Crippen molar-refractivity contribution in [1.29, 1.82) is 0 Å². The Morgan fingerprint density at radius 2 is 2.39 bits per heavy atom. The van der Waals surface area contributed by atoms with Gasteiger partial charge in [-0.1, -0.05) is 11.8 Å². The van der Waals surface area contributed by atoms with Crippen LogP contribution in [0.15, 0.2) is 11.5 Å². The molecular formula is C11H20N4O2S. The number of aromatic nitrogens is 3. The topological polar surface area (TPSA) is 69.0 Å². The zero-order valence-corrected chi connectivity index (χ0v) is 12.1. The minimum atomic E-state index is -0.616. The number of esters is 1. The van der Waals surface area contributed by atoms with E-state index < -0.39 is 5.54 Å². The SMILES string of the molecule is CNC(C)(CCCSc1nncn1C)C(=O)OC. The standard InChI is InChI=1S/C11H20N4O2S/c1-11(12-2,9(16)17-4)6-5-7-18-10-14-13-8-15(10)3/h8,12H,5-7H2,1-4H3. The van der Waals surface area contributed by atoms with Crippen LogP contribution in [0.3, 0.4) is 0 Å². The van der Waals surface area contributed by atoms with Gasteiger partial charge in [0.05, 0.1) is 7.11 Å². The monoisotopic (exact) mass is 272 g/mol. The first-order valence-electron chi connectivity index (χ1n) is 5.77. The number of thioether (sulfide) groups is 1. The van der Waals surface area contributed by atoms with E-state index in [9.17, 15) is 4.79 Å². The molecule has 0 saturated carbocycles. The van der Waals surface area contributed by atoms with Gasteiger partial charge in [0.1, 0.15) is 11.9 Å². The third kappa shape index (κ3) is 3.71. The highest BCUT2D eigenvalue weighted by Gasteiger charge is 2.31. The Morgan fingerprint density at radius 3 is 2.89 bits per heavy atom. The molecule has 102 valence electrons. The maximum absolute atomic E-state index is 11.6. The highest BCUT2D eigenvalue weighted by atomic mass is 32.2. The molecule has 1 heterocycles. The molecule has 1 rings (SSSR count). The summed E-state index contributed by atoms with van der Waals surface area (Å²) < 4.78 is 6.67. The van der Waals surface area contributed by atoms with Crippen molar-refractivity contribution in [1.82, 2.24) is 20.1 Å². The van der Waals surface area contributed by atoms with Crippen molar-refractivity contribution in [3.63, 3.8) is 0 Å². The van der Waals surface area contributed by atoms with E-state index in [-0.39, 0.29) is 5.97 Å². The van der Waals surface area contributed by atoms with E-state index in [0.29, 0.717) is 0 Å². The normalized spacial score (nSPS) is 14.2. The van der Waals surface area contributed by atoms with Gasteiger partial charge in [-0.3, -0.25) is 4.79 Å². The molecule has 0 aromatic carbocycles. The maximum Gasteiger partial charge on any atom is 0.325 e. The average molecular weight is 272 g/mol. The average Bonchev–Trinajstić information content (AvgIpc) is 2.79. The fourth-order valence-corrected chi connectivity index (χ4v) is 2.37. The Balaban J connectivity index is 2.36. The molecule has 1 atom stereocenters. The van der Waals surface area contributed by atoms with E-state index in [1.807, 2.05) is 18.5 Å². The van der Waals surface area contributed by atoms with Crippen LogP contribution in [0, 0.1) is 0 Å². The highest BCUT2D eigenvalue weighted by Crippen LogP contribution is 2.19. The van der Waals surface area contributed by atoms with Gasteiger partial charge in [-0.15, -0.1) is 10.2 Å². The third-order valence-electron chi connectivity index (χ3n) is 2.91. The number of carbonyl (C=O) groups excluding carboxylic acids is 1. The van der Waals surface area contributed by atoms with Crippen molar-refractivity contribution in [2.45, 2.75) is 30.5 Å². The summed E-state index contributed by atoms with van der Waals surface area (Å²) in [6.45, 7) is 1.85. The lowest BCUT2D eigenvalue weighted by atomic mass is 9.97. The first-order chi connectivity index (χ1) is 8.53. The van der Waals surface area contributed by atoms with Crippen LogP contribution in [0.1, 0.15) is 19.8 Å². The van der Waals surface area contributed by atoms with E-state index in [2.05, 4.69) is 15.5 Å². The Kier molecular flexibility index (Phi) is 5.61. The number of hydrogen-bond donors (Lipinski definition) is 1. The molecular weight excluding hydrogens is 252 g/mol. The summed E-state index contributed by atoms with van der Waals surface area (Å²) in [4.78, 5) is 11.6. The van der Waals surface area contributed by atoms with Crippen LogP contribution in [-0.4, -0.2) is 46.2 Å². The minimum Gasteiger partial charge on any atom is -0.468 e. The number of hydrogen-bond acceptors (Lipinski definition) is 6. The maximum atomic E-state index is 11.6. The zero-order valence-electron chi connectivity index (χ0n) is 11.3.